The van der Waals surface area contributed by atoms with E-state index in [1.54, 1.807) is 30.8 Å². The maximum absolute atomic E-state index is 12.2. The lowest BCUT2D eigenvalue weighted by Crippen LogP contribution is -2.23. The molecule has 0 aromatic heterocycles. The summed E-state index contributed by atoms with van der Waals surface area (Å²) in [5.74, 6) is -0.0922. The molecular formula is C18H20N2O2S. The Hall–Kier alpha value is -2.27. The lowest BCUT2D eigenvalue weighted by Gasteiger charge is -2.10. The van der Waals surface area contributed by atoms with Crippen molar-refractivity contribution >= 4 is 29.3 Å². The Morgan fingerprint density at radius 1 is 1.00 bits per heavy atom. The molecule has 2 aromatic rings. The van der Waals surface area contributed by atoms with Gasteiger partial charge < -0.3 is 10.2 Å². The van der Waals surface area contributed by atoms with Gasteiger partial charge in [-0.05, 0) is 48.2 Å². The van der Waals surface area contributed by atoms with E-state index in [1.165, 1.54) is 0 Å². The summed E-state index contributed by atoms with van der Waals surface area (Å²) >= 11 is 1.64. The number of benzene rings is 2. The zero-order chi connectivity index (χ0) is 16.8. The molecule has 120 valence electrons. The zero-order valence-electron chi connectivity index (χ0n) is 13.5. The number of anilines is 1. The number of rotatable bonds is 5. The van der Waals surface area contributed by atoms with Crippen LogP contribution in [0.3, 0.4) is 0 Å². The summed E-state index contributed by atoms with van der Waals surface area (Å²) in [5, 5.41) is 2.86. The number of carbonyl (C=O) groups excluding carboxylic acids is 2. The molecule has 0 fully saturated rings. The van der Waals surface area contributed by atoms with E-state index >= 15 is 0 Å². The topological polar surface area (TPSA) is 49.4 Å². The van der Waals surface area contributed by atoms with Crippen LogP contribution in [0, 0.1) is 0 Å². The van der Waals surface area contributed by atoms with Crippen LogP contribution in [0.4, 0.5) is 5.69 Å². The largest absolute Gasteiger partial charge is 0.349 e. The van der Waals surface area contributed by atoms with Crippen LogP contribution in [-0.4, -0.2) is 37.1 Å². The van der Waals surface area contributed by atoms with Gasteiger partial charge in [0.05, 0.1) is 6.42 Å². The Balaban J connectivity index is 1.99. The van der Waals surface area contributed by atoms with E-state index in [-0.39, 0.29) is 11.8 Å². The van der Waals surface area contributed by atoms with E-state index in [1.807, 2.05) is 54.8 Å². The van der Waals surface area contributed by atoms with Crippen molar-refractivity contribution in [3.63, 3.8) is 0 Å². The van der Waals surface area contributed by atoms with Crippen molar-refractivity contribution < 1.29 is 9.59 Å². The second kappa shape index (κ2) is 7.83. The third-order valence-corrected chi connectivity index (χ3v) is 4.16. The van der Waals surface area contributed by atoms with Gasteiger partial charge in [0.2, 0.25) is 5.91 Å². The van der Waals surface area contributed by atoms with Crippen LogP contribution in [0.5, 0.6) is 0 Å². The van der Waals surface area contributed by atoms with Gasteiger partial charge in [-0.3, -0.25) is 9.59 Å². The van der Waals surface area contributed by atoms with Crippen LogP contribution >= 0.6 is 11.8 Å². The highest BCUT2D eigenvalue weighted by Gasteiger charge is 2.08. The Morgan fingerprint density at radius 3 is 2.13 bits per heavy atom. The summed E-state index contributed by atoms with van der Waals surface area (Å²) in [6, 6.07) is 14.8. The van der Waals surface area contributed by atoms with Crippen molar-refractivity contribution in [2.75, 3.05) is 25.7 Å². The van der Waals surface area contributed by atoms with Gasteiger partial charge in [0, 0.05) is 30.2 Å². The Labute approximate surface area is 140 Å². The van der Waals surface area contributed by atoms with Crippen LogP contribution in [-0.2, 0) is 11.2 Å². The van der Waals surface area contributed by atoms with Gasteiger partial charge in [-0.1, -0.05) is 12.1 Å². The molecule has 0 unspecified atom stereocenters. The second-order valence-electron chi connectivity index (χ2n) is 5.34. The molecule has 23 heavy (non-hydrogen) atoms. The van der Waals surface area contributed by atoms with Gasteiger partial charge in [-0.15, -0.1) is 11.8 Å². The standard InChI is InChI=1S/C18H20N2O2S/c1-20(2)17(21)12-13-4-8-15(9-5-13)19-18(22)14-6-10-16(23-3)11-7-14/h4-11H,12H2,1-3H3,(H,19,22). The molecule has 0 atom stereocenters. The molecular weight excluding hydrogens is 308 g/mol. The number of nitrogens with one attached hydrogen (secondary N) is 1. The van der Waals surface area contributed by atoms with Crippen molar-refractivity contribution in [1.29, 1.82) is 0 Å². The molecule has 0 heterocycles. The van der Waals surface area contributed by atoms with Crippen molar-refractivity contribution in [2.45, 2.75) is 11.3 Å². The summed E-state index contributed by atoms with van der Waals surface area (Å²) in [6.07, 6.45) is 2.36. The van der Waals surface area contributed by atoms with E-state index in [0.717, 1.165) is 10.5 Å². The fourth-order valence-corrected chi connectivity index (χ4v) is 2.39. The van der Waals surface area contributed by atoms with Crippen molar-refractivity contribution in [3.8, 4) is 0 Å². The summed E-state index contributed by atoms with van der Waals surface area (Å²) in [5.41, 5.74) is 2.26. The molecule has 0 saturated carbocycles. The maximum atomic E-state index is 12.2. The minimum absolute atomic E-state index is 0.0515. The minimum atomic E-state index is -0.144. The van der Waals surface area contributed by atoms with Crippen molar-refractivity contribution in [1.82, 2.24) is 4.90 Å². The van der Waals surface area contributed by atoms with Gasteiger partial charge in [0.15, 0.2) is 0 Å². The molecule has 0 aliphatic heterocycles. The molecule has 5 heteroatoms. The average Bonchev–Trinajstić information content (AvgIpc) is 2.56. The Morgan fingerprint density at radius 2 is 1.61 bits per heavy atom. The average molecular weight is 328 g/mol. The highest BCUT2D eigenvalue weighted by molar-refractivity contribution is 7.98. The summed E-state index contributed by atoms with van der Waals surface area (Å²) in [4.78, 5) is 26.5. The highest BCUT2D eigenvalue weighted by Crippen LogP contribution is 2.16. The van der Waals surface area contributed by atoms with Gasteiger partial charge >= 0.3 is 0 Å². The Bertz CT molecular complexity index is 679. The van der Waals surface area contributed by atoms with Gasteiger partial charge in [-0.2, -0.15) is 0 Å². The molecule has 1 N–H and O–H groups in total. The highest BCUT2D eigenvalue weighted by atomic mass is 32.2. The molecule has 0 aliphatic carbocycles. The third-order valence-electron chi connectivity index (χ3n) is 3.42. The first-order valence-corrected chi connectivity index (χ1v) is 8.46. The van der Waals surface area contributed by atoms with E-state index < -0.39 is 0 Å². The van der Waals surface area contributed by atoms with Crippen LogP contribution in [0.2, 0.25) is 0 Å². The smallest absolute Gasteiger partial charge is 0.255 e. The second-order valence-corrected chi connectivity index (χ2v) is 6.22. The molecule has 0 spiro atoms. The number of hydrogen-bond acceptors (Lipinski definition) is 3. The van der Waals surface area contributed by atoms with Crippen LogP contribution in [0.1, 0.15) is 15.9 Å². The minimum Gasteiger partial charge on any atom is -0.349 e. The first-order valence-electron chi connectivity index (χ1n) is 7.24. The van der Waals surface area contributed by atoms with Crippen molar-refractivity contribution in [2.24, 2.45) is 0 Å². The number of thioether (sulfide) groups is 1. The number of likely N-dealkylation sites (N-methyl/N-ethyl adjacent to an activating group) is 1. The fraction of sp³-hybridized carbons (Fsp3) is 0.222. The van der Waals surface area contributed by atoms with E-state index in [9.17, 15) is 9.59 Å². The lowest BCUT2D eigenvalue weighted by molar-refractivity contribution is -0.127. The monoisotopic (exact) mass is 328 g/mol. The van der Waals surface area contributed by atoms with Crippen LogP contribution < -0.4 is 5.32 Å². The summed E-state index contributed by atoms with van der Waals surface area (Å²) in [6.45, 7) is 0. The molecule has 2 rings (SSSR count). The first-order chi connectivity index (χ1) is 11.0. The van der Waals surface area contributed by atoms with E-state index in [2.05, 4.69) is 5.32 Å². The third kappa shape index (κ3) is 4.86. The SMILES string of the molecule is CSc1ccc(C(=O)Nc2ccc(CC(=O)N(C)C)cc2)cc1. The van der Waals surface area contributed by atoms with Crippen molar-refractivity contribution in [3.05, 3.63) is 59.7 Å². The molecule has 2 amide bonds. The zero-order valence-corrected chi connectivity index (χ0v) is 14.3. The normalized spacial score (nSPS) is 10.2. The lowest BCUT2D eigenvalue weighted by atomic mass is 10.1. The maximum Gasteiger partial charge on any atom is 0.255 e. The van der Waals surface area contributed by atoms with Crippen LogP contribution in [0.15, 0.2) is 53.4 Å². The van der Waals surface area contributed by atoms with E-state index in [0.29, 0.717) is 17.7 Å². The van der Waals surface area contributed by atoms with E-state index in [4.69, 9.17) is 0 Å². The quantitative estimate of drug-likeness (QED) is 0.857. The van der Waals surface area contributed by atoms with Crippen LogP contribution in [0.25, 0.3) is 0 Å². The number of nitrogens with zero attached hydrogens (tertiary/aromatic N) is 1. The molecule has 0 aliphatic rings. The molecule has 4 nitrogen and oxygen atoms in total. The van der Waals surface area contributed by atoms with Gasteiger partial charge in [0.25, 0.3) is 5.91 Å². The number of amides is 2. The molecule has 0 bridgehead atoms. The van der Waals surface area contributed by atoms with Gasteiger partial charge in [-0.25, -0.2) is 0 Å². The molecule has 0 saturated heterocycles. The Kier molecular flexibility index (Phi) is 5.82. The summed E-state index contributed by atoms with van der Waals surface area (Å²) < 4.78 is 0. The molecule has 0 radical (unpaired) electrons. The van der Waals surface area contributed by atoms with Gasteiger partial charge in [0.1, 0.15) is 0 Å². The summed E-state index contributed by atoms with van der Waals surface area (Å²) in [7, 11) is 3.47. The predicted octanol–water partition coefficient (Wildman–Crippen LogP) is 3.29. The number of carbonyl (C=O) groups is 2. The number of hydrogen-bond donors (Lipinski definition) is 1. The first kappa shape index (κ1) is 17.1. The fourth-order valence-electron chi connectivity index (χ4n) is 1.98. The molecule has 2 aromatic carbocycles. The predicted molar refractivity (Wildman–Crippen MR) is 95.0 cm³/mol.